The van der Waals surface area contributed by atoms with Gasteiger partial charge in [-0.1, -0.05) is 23.9 Å². The molecule has 3 aromatic heterocycles. The minimum Gasteiger partial charge on any atom is -0.376 e. The molecule has 0 aliphatic carbocycles. The Morgan fingerprint density at radius 2 is 2.25 bits per heavy atom. The number of nitrogens with zero attached hydrogens (tertiary/aromatic N) is 4. The predicted octanol–water partition coefficient (Wildman–Crippen LogP) is 3.72. The molecule has 0 amide bonds. The van der Waals surface area contributed by atoms with E-state index >= 15 is 0 Å². The molecule has 4 aromatic rings. The molecule has 1 aromatic carbocycles. The molecule has 1 aliphatic heterocycles. The van der Waals surface area contributed by atoms with Crippen LogP contribution in [0.5, 0.6) is 0 Å². The zero-order valence-electron chi connectivity index (χ0n) is 14.9. The van der Waals surface area contributed by atoms with Crippen molar-refractivity contribution in [3.05, 3.63) is 57.4 Å². The Balaban J connectivity index is 1.57. The zero-order chi connectivity index (χ0) is 19.1. The standard InChI is InChI=1S/C19H17FN4O2S2/c20-13-4-1-3-12(9-13)11-28-19-22-21-18-23(10-14-5-2-7-26-14)17(25)16-15(24(18)19)6-8-27-16/h1,3-4,6,8-9,14H,2,5,7,10-11H2. The molecule has 4 heterocycles. The number of rotatable bonds is 5. The molecule has 1 saturated heterocycles. The van der Waals surface area contributed by atoms with Crippen molar-refractivity contribution in [3.63, 3.8) is 0 Å². The molecule has 0 saturated carbocycles. The van der Waals surface area contributed by atoms with Crippen molar-refractivity contribution in [3.8, 4) is 0 Å². The van der Waals surface area contributed by atoms with Crippen molar-refractivity contribution in [2.75, 3.05) is 6.61 Å². The number of hydrogen-bond acceptors (Lipinski definition) is 6. The molecule has 0 N–H and O–H groups in total. The predicted molar refractivity (Wildman–Crippen MR) is 108 cm³/mol. The second kappa shape index (κ2) is 7.31. The SMILES string of the molecule is O=c1c2sccc2n2c(SCc3cccc(F)c3)nnc2n1CC1CCCO1. The molecule has 6 nitrogen and oxygen atoms in total. The summed E-state index contributed by atoms with van der Waals surface area (Å²) in [5.41, 5.74) is 1.62. The molecule has 1 unspecified atom stereocenters. The Bertz CT molecular complexity index is 1210. The van der Waals surface area contributed by atoms with E-state index in [0.29, 0.717) is 27.9 Å². The van der Waals surface area contributed by atoms with Gasteiger partial charge in [-0.25, -0.2) is 4.39 Å². The van der Waals surface area contributed by atoms with E-state index in [9.17, 15) is 9.18 Å². The van der Waals surface area contributed by atoms with Gasteiger partial charge in [0, 0.05) is 12.4 Å². The van der Waals surface area contributed by atoms with Crippen LogP contribution in [0, 0.1) is 5.82 Å². The first-order valence-electron chi connectivity index (χ1n) is 9.05. The summed E-state index contributed by atoms with van der Waals surface area (Å²) in [6.45, 7) is 1.21. The largest absolute Gasteiger partial charge is 0.376 e. The van der Waals surface area contributed by atoms with Crippen LogP contribution in [0.1, 0.15) is 18.4 Å². The molecule has 0 spiro atoms. The zero-order valence-corrected chi connectivity index (χ0v) is 16.5. The van der Waals surface area contributed by atoms with Crippen molar-refractivity contribution in [1.82, 2.24) is 19.2 Å². The van der Waals surface area contributed by atoms with Crippen LogP contribution in [0.4, 0.5) is 4.39 Å². The molecular weight excluding hydrogens is 399 g/mol. The van der Waals surface area contributed by atoms with Gasteiger partial charge in [0.1, 0.15) is 10.5 Å². The summed E-state index contributed by atoms with van der Waals surface area (Å²) in [5.74, 6) is 0.831. The van der Waals surface area contributed by atoms with Crippen LogP contribution in [0.25, 0.3) is 16.0 Å². The number of benzene rings is 1. The van der Waals surface area contributed by atoms with Gasteiger partial charge in [-0.15, -0.1) is 21.5 Å². The second-order valence-corrected chi connectivity index (χ2v) is 8.58. The third kappa shape index (κ3) is 3.13. The van der Waals surface area contributed by atoms with Crippen molar-refractivity contribution in [1.29, 1.82) is 0 Å². The van der Waals surface area contributed by atoms with Crippen molar-refractivity contribution < 1.29 is 9.13 Å². The Morgan fingerprint density at radius 3 is 3.07 bits per heavy atom. The fourth-order valence-corrected chi connectivity index (χ4v) is 5.23. The van der Waals surface area contributed by atoms with Gasteiger partial charge in [-0.2, -0.15) is 0 Å². The molecule has 9 heteroatoms. The van der Waals surface area contributed by atoms with Crippen LogP contribution in [0.15, 0.2) is 45.7 Å². The number of halogens is 1. The lowest BCUT2D eigenvalue weighted by molar-refractivity contribution is 0.0969. The third-order valence-corrected chi connectivity index (χ3v) is 6.74. The fourth-order valence-electron chi connectivity index (χ4n) is 3.52. The highest BCUT2D eigenvalue weighted by atomic mass is 32.2. The fraction of sp³-hybridized carbons (Fsp3) is 0.316. The highest BCUT2D eigenvalue weighted by molar-refractivity contribution is 7.98. The third-order valence-electron chi connectivity index (χ3n) is 4.85. The topological polar surface area (TPSA) is 61.4 Å². The van der Waals surface area contributed by atoms with Gasteiger partial charge in [-0.05, 0) is 42.0 Å². The number of aromatic nitrogens is 4. The van der Waals surface area contributed by atoms with Crippen LogP contribution in [-0.4, -0.2) is 31.9 Å². The Hall–Kier alpha value is -2.23. The lowest BCUT2D eigenvalue weighted by Crippen LogP contribution is -2.28. The monoisotopic (exact) mass is 416 g/mol. The van der Waals surface area contributed by atoms with E-state index in [0.717, 1.165) is 30.5 Å². The molecule has 144 valence electrons. The quantitative estimate of drug-likeness (QED) is 0.464. The molecule has 1 aliphatic rings. The molecule has 5 rings (SSSR count). The number of thiophene rings is 1. The molecule has 0 radical (unpaired) electrons. The molecule has 28 heavy (non-hydrogen) atoms. The van der Waals surface area contributed by atoms with Gasteiger partial charge in [0.25, 0.3) is 5.56 Å². The minimum absolute atomic E-state index is 0.0269. The summed E-state index contributed by atoms with van der Waals surface area (Å²) < 4.78 is 23.5. The lowest BCUT2D eigenvalue weighted by Gasteiger charge is -2.13. The first-order chi connectivity index (χ1) is 13.7. The normalized spacial score (nSPS) is 17.1. The first kappa shape index (κ1) is 17.8. The maximum Gasteiger partial charge on any atom is 0.272 e. The molecule has 1 atom stereocenters. The van der Waals surface area contributed by atoms with Crippen molar-refractivity contribution in [2.45, 2.75) is 36.4 Å². The molecular formula is C19H17FN4O2S2. The van der Waals surface area contributed by atoms with Gasteiger partial charge in [0.05, 0.1) is 18.2 Å². The Kier molecular flexibility index (Phi) is 4.65. The summed E-state index contributed by atoms with van der Waals surface area (Å²) >= 11 is 2.89. The van der Waals surface area contributed by atoms with E-state index in [2.05, 4.69) is 10.2 Å². The van der Waals surface area contributed by atoms with E-state index in [-0.39, 0.29) is 17.5 Å². The first-order valence-corrected chi connectivity index (χ1v) is 10.9. The smallest absolute Gasteiger partial charge is 0.272 e. The van der Waals surface area contributed by atoms with Crippen LogP contribution in [0.2, 0.25) is 0 Å². The minimum atomic E-state index is -0.255. The summed E-state index contributed by atoms with van der Waals surface area (Å²) in [6.07, 6.45) is 1.98. The van der Waals surface area contributed by atoms with Crippen LogP contribution < -0.4 is 5.56 Å². The van der Waals surface area contributed by atoms with E-state index in [1.807, 2.05) is 21.9 Å². The van der Waals surface area contributed by atoms with Gasteiger partial charge < -0.3 is 4.74 Å². The van der Waals surface area contributed by atoms with Gasteiger partial charge in [0.15, 0.2) is 5.16 Å². The average Bonchev–Trinajstić information content (AvgIpc) is 3.43. The van der Waals surface area contributed by atoms with Gasteiger partial charge >= 0.3 is 0 Å². The number of hydrogen-bond donors (Lipinski definition) is 0. The van der Waals surface area contributed by atoms with Crippen LogP contribution >= 0.6 is 23.1 Å². The summed E-state index contributed by atoms with van der Waals surface area (Å²) in [7, 11) is 0. The van der Waals surface area contributed by atoms with E-state index < -0.39 is 0 Å². The maximum atomic E-state index is 13.5. The summed E-state index contributed by atoms with van der Waals surface area (Å²) in [6, 6.07) is 8.44. The molecule has 0 bridgehead atoms. The van der Waals surface area contributed by atoms with E-state index in [1.165, 1.54) is 35.2 Å². The second-order valence-electron chi connectivity index (χ2n) is 6.72. The lowest BCUT2D eigenvalue weighted by atomic mass is 10.2. The summed E-state index contributed by atoms with van der Waals surface area (Å²) in [4.78, 5) is 13.0. The van der Waals surface area contributed by atoms with E-state index in [1.54, 1.807) is 10.6 Å². The molecule has 1 fully saturated rings. The highest BCUT2D eigenvalue weighted by Crippen LogP contribution is 2.27. The number of fused-ring (bicyclic) bond motifs is 3. The Morgan fingerprint density at radius 1 is 1.32 bits per heavy atom. The Labute approximate surface area is 168 Å². The van der Waals surface area contributed by atoms with Crippen molar-refractivity contribution in [2.24, 2.45) is 0 Å². The van der Waals surface area contributed by atoms with Gasteiger partial charge in [-0.3, -0.25) is 13.8 Å². The van der Waals surface area contributed by atoms with Crippen LogP contribution in [-0.2, 0) is 17.0 Å². The maximum absolute atomic E-state index is 13.5. The summed E-state index contributed by atoms with van der Waals surface area (Å²) in [5, 5.41) is 11.2. The average molecular weight is 417 g/mol. The van der Waals surface area contributed by atoms with Gasteiger partial charge in [0.2, 0.25) is 5.78 Å². The van der Waals surface area contributed by atoms with E-state index in [4.69, 9.17) is 4.74 Å². The van der Waals surface area contributed by atoms with Crippen molar-refractivity contribution >= 4 is 39.1 Å². The highest BCUT2D eigenvalue weighted by Gasteiger charge is 2.22. The number of thioether (sulfide) groups is 1. The number of ether oxygens (including phenoxy) is 1. The van der Waals surface area contributed by atoms with Crippen LogP contribution in [0.3, 0.4) is 0 Å².